The molecular weight excluding hydrogens is 137 g/mol. The van der Waals surface area contributed by atoms with E-state index in [1.54, 1.807) is 0 Å². The molecule has 1 heterocycles. The summed E-state index contributed by atoms with van der Waals surface area (Å²) in [7, 11) is 0. The van der Waals surface area contributed by atoms with Gasteiger partial charge in [0.05, 0.1) is 0 Å². The summed E-state index contributed by atoms with van der Waals surface area (Å²) in [5, 5.41) is 8.77. The van der Waals surface area contributed by atoms with Crippen molar-refractivity contribution in [3.63, 3.8) is 0 Å². The Balaban J connectivity index is 3.21. The quantitative estimate of drug-likeness (QED) is 0.463. The van der Waals surface area contributed by atoms with Crippen molar-refractivity contribution in [3.05, 3.63) is 23.8 Å². The second-order valence-electron chi connectivity index (χ2n) is 1.66. The lowest BCUT2D eigenvalue weighted by atomic mass is 10.3. The van der Waals surface area contributed by atoms with E-state index in [-0.39, 0.29) is 11.4 Å². The molecule has 1 aromatic rings. The zero-order valence-electron chi connectivity index (χ0n) is 4.91. The summed E-state index contributed by atoms with van der Waals surface area (Å²) in [4.78, 5) is 13.1. The number of aldehydes is 1. The first kappa shape index (κ1) is 6.67. The summed E-state index contributed by atoms with van der Waals surface area (Å²) in [6.07, 6.45) is 0.290. The number of halogens is 1. The summed E-state index contributed by atoms with van der Waals surface area (Å²) in [5.74, 6) is -1.09. The van der Waals surface area contributed by atoms with Gasteiger partial charge in [-0.1, -0.05) is 0 Å². The molecule has 0 aliphatic heterocycles. The monoisotopic (exact) mass is 141 g/mol. The van der Waals surface area contributed by atoms with Crippen molar-refractivity contribution >= 4 is 6.29 Å². The van der Waals surface area contributed by atoms with E-state index >= 15 is 0 Å². The van der Waals surface area contributed by atoms with Crippen molar-refractivity contribution < 1.29 is 14.3 Å². The fraction of sp³-hybridized carbons (Fsp3) is 0. The van der Waals surface area contributed by atoms with Crippen molar-refractivity contribution in [2.75, 3.05) is 0 Å². The van der Waals surface area contributed by atoms with Crippen LogP contribution in [0.4, 0.5) is 4.39 Å². The van der Waals surface area contributed by atoms with Gasteiger partial charge in [-0.25, -0.2) is 4.98 Å². The average Bonchev–Trinajstić information content (AvgIpc) is 1.94. The molecule has 10 heavy (non-hydrogen) atoms. The molecule has 1 N–H and O–H groups in total. The molecule has 0 aromatic carbocycles. The van der Waals surface area contributed by atoms with E-state index in [4.69, 9.17) is 5.11 Å². The van der Waals surface area contributed by atoms with Crippen LogP contribution in [0.1, 0.15) is 10.5 Å². The fourth-order valence-corrected chi connectivity index (χ4v) is 0.529. The van der Waals surface area contributed by atoms with E-state index < -0.39 is 5.95 Å². The molecule has 1 aromatic heterocycles. The molecule has 0 amide bonds. The number of nitrogens with zero attached hydrogens (tertiary/aromatic N) is 1. The second-order valence-corrected chi connectivity index (χ2v) is 1.66. The summed E-state index contributed by atoms with van der Waals surface area (Å²) in [5.41, 5.74) is -0.278. The minimum Gasteiger partial charge on any atom is -0.506 e. The Morgan fingerprint density at radius 3 is 2.80 bits per heavy atom. The average molecular weight is 141 g/mol. The van der Waals surface area contributed by atoms with Gasteiger partial charge in [0, 0.05) is 0 Å². The first-order valence-corrected chi connectivity index (χ1v) is 2.54. The predicted octanol–water partition coefficient (Wildman–Crippen LogP) is 0.739. The lowest BCUT2D eigenvalue weighted by molar-refractivity contribution is 0.111. The molecule has 0 unspecified atom stereocenters. The highest BCUT2D eigenvalue weighted by Gasteiger charge is 2.01. The van der Waals surface area contributed by atoms with Crippen LogP contribution in [0.2, 0.25) is 0 Å². The third-order valence-electron chi connectivity index (χ3n) is 0.980. The number of rotatable bonds is 1. The zero-order chi connectivity index (χ0) is 7.56. The Hall–Kier alpha value is -1.45. The first-order valence-electron chi connectivity index (χ1n) is 2.54. The van der Waals surface area contributed by atoms with Crippen LogP contribution in [-0.4, -0.2) is 16.4 Å². The molecule has 0 atom stereocenters. The molecular formula is C6H4FNO2. The Morgan fingerprint density at radius 2 is 2.30 bits per heavy atom. The maximum atomic E-state index is 12.2. The van der Waals surface area contributed by atoms with Gasteiger partial charge < -0.3 is 5.11 Å². The van der Waals surface area contributed by atoms with E-state index in [0.29, 0.717) is 6.29 Å². The molecule has 3 nitrogen and oxygen atoms in total. The number of carbonyl (C=O) groups excluding carboxylic acids is 1. The summed E-state index contributed by atoms with van der Waals surface area (Å²) >= 11 is 0. The van der Waals surface area contributed by atoms with Crippen LogP contribution >= 0.6 is 0 Å². The Labute approximate surface area is 56.1 Å². The predicted molar refractivity (Wildman–Crippen MR) is 31.2 cm³/mol. The number of hydrogen-bond donors (Lipinski definition) is 1. The van der Waals surface area contributed by atoms with Crippen LogP contribution in [-0.2, 0) is 0 Å². The van der Waals surface area contributed by atoms with Gasteiger partial charge in [-0.2, -0.15) is 4.39 Å². The van der Waals surface area contributed by atoms with Crippen LogP contribution in [0.5, 0.6) is 5.75 Å². The molecule has 0 saturated carbocycles. The summed E-state index contributed by atoms with van der Waals surface area (Å²) in [6, 6.07) is 2.05. The topological polar surface area (TPSA) is 50.2 Å². The number of hydrogen-bond acceptors (Lipinski definition) is 3. The lowest BCUT2D eigenvalue weighted by Crippen LogP contribution is -1.89. The molecule has 52 valence electrons. The highest BCUT2D eigenvalue weighted by Crippen LogP contribution is 2.10. The number of aromatic hydroxyl groups is 1. The van der Waals surface area contributed by atoms with Crippen molar-refractivity contribution in [3.8, 4) is 5.75 Å². The minimum atomic E-state index is -0.778. The van der Waals surface area contributed by atoms with Crippen LogP contribution in [0.15, 0.2) is 12.1 Å². The first-order chi connectivity index (χ1) is 4.74. The maximum Gasteiger partial charge on any atom is 0.213 e. The van der Waals surface area contributed by atoms with E-state index in [9.17, 15) is 9.18 Å². The standard InChI is InChI=1S/C6H4FNO2/c7-6-2-1-5(10)4(3-9)8-6/h1-3,10H. The molecule has 0 aliphatic rings. The van der Waals surface area contributed by atoms with Crippen molar-refractivity contribution in [2.24, 2.45) is 0 Å². The molecule has 1 rings (SSSR count). The van der Waals surface area contributed by atoms with Crippen molar-refractivity contribution in [1.82, 2.24) is 4.98 Å². The van der Waals surface area contributed by atoms with Gasteiger partial charge in [-0.05, 0) is 12.1 Å². The summed E-state index contributed by atoms with van der Waals surface area (Å²) in [6.45, 7) is 0. The number of carbonyl (C=O) groups is 1. The third-order valence-corrected chi connectivity index (χ3v) is 0.980. The van der Waals surface area contributed by atoms with Crippen LogP contribution < -0.4 is 0 Å². The van der Waals surface area contributed by atoms with Crippen LogP contribution in [0, 0.1) is 5.95 Å². The van der Waals surface area contributed by atoms with Gasteiger partial charge >= 0.3 is 0 Å². The Bertz CT molecular complexity index is 262. The smallest absolute Gasteiger partial charge is 0.213 e. The molecule has 0 radical (unpaired) electrons. The van der Waals surface area contributed by atoms with E-state index in [2.05, 4.69) is 4.98 Å². The van der Waals surface area contributed by atoms with E-state index in [0.717, 1.165) is 12.1 Å². The Kier molecular flexibility index (Phi) is 1.62. The zero-order valence-corrected chi connectivity index (χ0v) is 4.91. The molecule has 0 saturated heterocycles. The number of aromatic nitrogens is 1. The van der Waals surface area contributed by atoms with Gasteiger partial charge in [0.15, 0.2) is 6.29 Å². The van der Waals surface area contributed by atoms with Crippen LogP contribution in [0.3, 0.4) is 0 Å². The lowest BCUT2D eigenvalue weighted by Gasteiger charge is -1.92. The maximum absolute atomic E-state index is 12.2. The summed E-state index contributed by atoms with van der Waals surface area (Å²) < 4.78 is 12.2. The van der Waals surface area contributed by atoms with Gasteiger partial charge in [0.1, 0.15) is 11.4 Å². The van der Waals surface area contributed by atoms with Gasteiger partial charge in [-0.15, -0.1) is 0 Å². The largest absolute Gasteiger partial charge is 0.506 e. The number of pyridine rings is 1. The van der Waals surface area contributed by atoms with Crippen molar-refractivity contribution in [2.45, 2.75) is 0 Å². The minimum absolute atomic E-state index is 0.278. The molecule has 0 spiro atoms. The van der Waals surface area contributed by atoms with Crippen molar-refractivity contribution in [1.29, 1.82) is 0 Å². The van der Waals surface area contributed by atoms with Gasteiger partial charge in [0.2, 0.25) is 5.95 Å². The normalized spacial score (nSPS) is 9.30. The molecule has 0 bridgehead atoms. The Morgan fingerprint density at radius 1 is 1.60 bits per heavy atom. The third kappa shape index (κ3) is 1.10. The second kappa shape index (κ2) is 2.43. The highest BCUT2D eigenvalue weighted by atomic mass is 19.1. The highest BCUT2D eigenvalue weighted by molar-refractivity contribution is 5.75. The SMILES string of the molecule is O=Cc1nc(F)ccc1O. The van der Waals surface area contributed by atoms with E-state index in [1.807, 2.05) is 0 Å². The van der Waals surface area contributed by atoms with E-state index in [1.165, 1.54) is 0 Å². The molecule has 4 heteroatoms. The molecule has 0 fully saturated rings. The van der Waals surface area contributed by atoms with Gasteiger partial charge in [0.25, 0.3) is 0 Å². The fourth-order valence-electron chi connectivity index (χ4n) is 0.529. The van der Waals surface area contributed by atoms with Gasteiger partial charge in [-0.3, -0.25) is 4.79 Å². The molecule has 0 aliphatic carbocycles. The van der Waals surface area contributed by atoms with Crippen LogP contribution in [0.25, 0.3) is 0 Å².